The lowest BCUT2D eigenvalue weighted by molar-refractivity contribution is -0.137. The summed E-state index contributed by atoms with van der Waals surface area (Å²) in [6.07, 6.45) is -3.51. The first-order valence-corrected chi connectivity index (χ1v) is 13.1. The molecule has 3 heterocycles. The molecule has 2 amide bonds. The molecule has 0 atom stereocenters. The van der Waals surface area contributed by atoms with Crippen molar-refractivity contribution in [2.75, 3.05) is 56.5 Å². The summed E-state index contributed by atoms with van der Waals surface area (Å²) in [6.45, 7) is 10.2. The van der Waals surface area contributed by atoms with Crippen LogP contribution in [0.15, 0.2) is 36.4 Å². The normalized spacial score (nSPS) is 15.3. The van der Waals surface area contributed by atoms with Crippen LogP contribution in [0.5, 0.6) is 0 Å². The molecule has 1 aliphatic heterocycles. The van der Waals surface area contributed by atoms with Gasteiger partial charge in [0.2, 0.25) is 0 Å². The summed E-state index contributed by atoms with van der Waals surface area (Å²) in [6, 6.07) is 8.69. The number of rotatable bonds is 8. The van der Waals surface area contributed by atoms with Gasteiger partial charge in [0, 0.05) is 51.5 Å². The molecule has 0 bridgehead atoms. The van der Waals surface area contributed by atoms with E-state index < -0.39 is 11.7 Å². The molecule has 0 unspecified atom stereocenters. The Labute approximate surface area is 218 Å². The number of aromatic nitrogens is 2. The second-order valence-electron chi connectivity index (χ2n) is 9.32. The molecule has 2 aromatic heterocycles. The Morgan fingerprint density at radius 1 is 1.08 bits per heavy atom. The SMILES string of the molecule is CC(C)N1CCN(CCCNC(=O)Nc2nc3ccc(N(C)c4ccc(C(F)(F)F)cc4)nc3s2)CC1. The highest BCUT2D eigenvalue weighted by atomic mass is 32.1. The number of carbonyl (C=O) groups is 1. The smallest absolute Gasteiger partial charge is 0.338 e. The van der Waals surface area contributed by atoms with Gasteiger partial charge in [0.1, 0.15) is 16.2 Å². The molecule has 0 radical (unpaired) electrons. The third kappa shape index (κ3) is 7.08. The summed E-state index contributed by atoms with van der Waals surface area (Å²) < 4.78 is 38.5. The Morgan fingerprint density at radius 3 is 2.43 bits per heavy atom. The maximum Gasteiger partial charge on any atom is 0.416 e. The van der Waals surface area contributed by atoms with Crippen LogP contribution in [0.25, 0.3) is 10.3 Å². The highest BCUT2D eigenvalue weighted by molar-refractivity contribution is 7.22. The van der Waals surface area contributed by atoms with Crippen molar-refractivity contribution in [3.63, 3.8) is 0 Å². The van der Waals surface area contributed by atoms with Gasteiger partial charge in [0.05, 0.1) is 5.56 Å². The van der Waals surface area contributed by atoms with Gasteiger partial charge in [-0.3, -0.25) is 10.2 Å². The number of fused-ring (bicyclic) bond motifs is 1. The molecule has 1 fully saturated rings. The Balaban J connectivity index is 1.26. The highest BCUT2D eigenvalue weighted by Crippen LogP contribution is 2.32. The Kier molecular flexibility index (Phi) is 8.50. The average Bonchev–Trinajstić information content (AvgIpc) is 3.27. The van der Waals surface area contributed by atoms with Crippen LogP contribution < -0.4 is 15.5 Å². The zero-order chi connectivity index (χ0) is 26.6. The van der Waals surface area contributed by atoms with Crippen molar-refractivity contribution in [1.29, 1.82) is 0 Å². The summed E-state index contributed by atoms with van der Waals surface area (Å²) in [4.78, 5) is 28.5. The molecule has 200 valence electrons. The number of hydrogen-bond acceptors (Lipinski definition) is 7. The Bertz CT molecular complexity index is 1190. The number of nitrogens with zero attached hydrogens (tertiary/aromatic N) is 5. The second kappa shape index (κ2) is 11.6. The number of anilines is 3. The van der Waals surface area contributed by atoms with E-state index in [0.29, 0.717) is 39.6 Å². The molecule has 8 nitrogen and oxygen atoms in total. The number of benzene rings is 1. The largest absolute Gasteiger partial charge is 0.416 e. The minimum atomic E-state index is -4.38. The number of halogens is 3. The molecule has 37 heavy (non-hydrogen) atoms. The quantitative estimate of drug-likeness (QED) is 0.395. The standard InChI is InChI=1S/C25H32F3N7OS/c1-17(2)35-15-13-34(14-16-35)12-4-11-29-23(36)32-24-30-20-9-10-21(31-22(20)37-24)33(3)19-7-5-18(6-8-19)25(26,27)28/h5-10,17H,4,11-16H2,1-3H3,(H2,29,30,32,36). The zero-order valence-corrected chi connectivity index (χ0v) is 22.0. The van der Waals surface area contributed by atoms with Gasteiger partial charge in [-0.1, -0.05) is 11.3 Å². The van der Waals surface area contributed by atoms with E-state index in [-0.39, 0.29) is 6.03 Å². The van der Waals surface area contributed by atoms with Crippen LogP contribution in [0.2, 0.25) is 0 Å². The highest BCUT2D eigenvalue weighted by Gasteiger charge is 2.30. The van der Waals surface area contributed by atoms with E-state index in [1.54, 1.807) is 24.1 Å². The fourth-order valence-electron chi connectivity index (χ4n) is 4.20. The summed E-state index contributed by atoms with van der Waals surface area (Å²) in [5.74, 6) is 0.557. The van der Waals surface area contributed by atoms with Crippen molar-refractivity contribution in [2.45, 2.75) is 32.5 Å². The summed E-state index contributed by atoms with van der Waals surface area (Å²) in [7, 11) is 1.73. The summed E-state index contributed by atoms with van der Waals surface area (Å²) >= 11 is 1.24. The van der Waals surface area contributed by atoms with Crippen molar-refractivity contribution in [1.82, 2.24) is 25.1 Å². The lowest BCUT2D eigenvalue weighted by atomic mass is 10.2. The molecule has 2 N–H and O–H groups in total. The van der Waals surface area contributed by atoms with Crippen LogP contribution in [-0.4, -0.2) is 78.2 Å². The zero-order valence-electron chi connectivity index (χ0n) is 21.2. The van der Waals surface area contributed by atoms with Crippen molar-refractivity contribution in [3.05, 3.63) is 42.0 Å². The summed E-state index contributed by atoms with van der Waals surface area (Å²) in [5, 5.41) is 6.07. The van der Waals surface area contributed by atoms with E-state index in [4.69, 9.17) is 0 Å². The van der Waals surface area contributed by atoms with Crippen molar-refractivity contribution < 1.29 is 18.0 Å². The lowest BCUT2D eigenvalue weighted by Gasteiger charge is -2.36. The fraction of sp³-hybridized carbons (Fsp3) is 0.480. The molecule has 12 heteroatoms. The van der Waals surface area contributed by atoms with E-state index in [0.717, 1.165) is 51.3 Å². The first-order chi connectivity index (χ1) is 17.6. The number of alkyl halides is 3. The third-order valence-electron chi connectivity index (χ3n) is 6.46. The van der Waals surface area contributed by atoms with Crippen LogP contribution in [-0.2, 0) is 6.18 Å². The second-order valence-corrected chi connectivity index (χ2v) is 10.3. The minimum absolute atomic E-state index is 0.314. The van der Waals surface area contributed by atoms with Crippen LogP contribution in [0.4, 0.5) is 34.6 Å². The van der Waals surface area contributed by atoms with Gasteiger partial charge >= 0.3 is 12.2 Å². The van der Waals surface area contributed by atoms with Crippen molar-refractivity contribution >= 4 is 44.4 Å². The number of piperazine rings is 1. The van der Waals surface area contributed by atoms with Gasteiger partial charge in [-0.2, -0.15) is 13.2 Å². The molecule has 3 aromatic rings. The number of nitrogens with one attached hydrogen (secondary N) is 2. The first kappa shape index (κ1) is 27.1. The Hall–Kier alpha value is -2.96. The number of amides is 2. The number of pyridine rings is 1. The molecule has 1 aliphatic rings. The van der Waals surface area contributed by atoms with E-state index in [1.165, 1.54) is 23.5 Å². The number of thiazole rings is 1. The molecule has 0 saturated carbocycles. The molecular weight excluding hydrogens is 503 g/mol. The van der Waals surface area contributed by atoms with Gasteiger partial charge < -0.3 is 15.1 Å². The monoisotopic (exact) mass is 535 g/mol. The fourth-order valence-corrected chi connectivity index (χ4v) is 5.03. The topological polar surface area (TPSA) is 76.6 Å². The predicted octanol–water partition coefficient (Wildman–Crippen LogP) is 5.02. The van der Waals surface area contributed by atoms with Gasteiger partial charge in [-0.05, 0) is 63.2 Å². The predicted molar refractivity (Wildman–Crippen MR) is 142 cm³/mol. The molecule has 0 aliphatic carbocycles. The van der Waals surface area contributed by atoms with Gasteiger partial charge in [-0.15, -0.1) is 0 Å². The average molecular weight is 536 g/mol. The van der Waals surface area contributed by atoms with E-state index in [9.17, 15) is 18.0 Å². The Morgan fingerprint density at radius 2 is 1.78 bits per heavy atom. The molecule has 0 spiro atoms. The van der Waals surface area contributed by atoms with Gasteiger partial charge in [-0.25, -0.2) is 14.8 Å². The number of carbonyl (C=O) groups excluding carboxylic acids is 1. The number of urea groups is 1. The van der Waals surface area contributed by atoms with E-state index in [2.05, 4.69) is 44.2 Å². The van der Waals surface area contributed by atoms with E-state index in [1.807, 2.05) is 0 Å². The van der Waals surface area contributed by atoms with Crippen LogP contribution >= 0.6 is 11.3 Å². The van der Waals surface area contributed by atoms with Crippen LogP contribution in [0.3, 0.4) is 0 Å². The van der Waals surface area contributed by atoms with Crippen LogP contribution in [0, 0.1) is 0 Å². The summed E-state index contributed by atoms with van der Waals surface area (Å²) in [5.41, 5.74) is 0.503. The van der Waals surface area contributed by atoms with Gasteiger partial charge in [0.25, 0.3) is 0 Å². The molecular formula is C25H32F3N7OS. The van der Waals surface area contributed by atoms with Crippen molar-refractivity contribution in [3.8, 4) is 0 Å². The number of hydrogen-bond donors (Lipinski definition) is 2. The first-order valence-electron chi connectivity index (χ1n) is 12.3. The molecule has 1 aromatic carbocycles. The molecule has 4 rings (SSSR count). The van der Waals surface area contributed by atoms with Crippen molar-refractivity contribution in [2.24, 2.45) is 0 Å². The van der Waals surface area contributed by atoms with Gasteiger partial charge in [0.15, 0.2) is 5.13 Å². The lowest BCUT2D eigenvalue weighted by Crippen LogP contribution is -2.49. The molecule has 1 saturated heterocycles. The maximum absolute atomic E-state index is 12.8. The van der Waals surface area contributed by atoms with Crippen LogP contribution in [0.1, 0.15) is 25.8 Å². The minimum Gasteiger partial charge on any atom is -0.338 e. The third-order valence-corrected chi connectivity index (χ3v) is 7.34. The van der Waals surface area contributed by atoms with E-state index >= 15 is 0 Å². The maximum atomic E-state index is 12.8.